The van der Waals surface area contributed by atoms with E-state index in [9.17, 15) is 21.6 Å². The Morgan fingerprint density at radius 3 is 2.67 bits per heavy atom. The lowest BCUT2D eigenvalue weighted by molar-refractivity contribution is -0.137. The Morgan fingerprint density at radius 2 is 2.00 bits per heavy atom. The van der Waals surface area contributed by atoms with Crippen LogP contribution in [0.3, 0.4) is 0 Å². The van der Waals surface area contributed by atoms with E-state index in [2.05, 4.69) is 25.1 Å². The van der Waals surface area contributed by atoms with Crippen molar-refractivity contribution in [1.29, 1.82) is 0 Å². The zero-order valence-corrected chi connectivity index (χ0v) is 15.4. The number of nitrogens with one attached hydrogen (secondary N) is 2. The summed E-state index contributed by atoms with van der Waals surface area (Å²) in [7, 11) is -3.29. The molecule has 0 radical (unpaired) electrons. The lowest BCUT2D eigenvalue weighted by atomic mass is 10.1. The molecule has 0 amide bonds. The number of fused-ring (bicyclic) bond motifs is 1. The van der Waals surface area contributed by atoms with Gasteiger partial charge in [-0.3, -0.25) is 0 Å². The molecular formula is C13H14F3N7O2S2. The first-order chi connectivity index (χ1) is 12.5. The minimum atomic E-state index is -4.63. The van der Waals surface area contributed by atoms with Crippen LogP contribution in [-0.2, 0) is 16.2 Å². The molecule has 14 heteroatoms. The summed E-state index contributed by atoms with van der Waals surface area (Å²) < 4.78 is 64.8. The molecule has 4 N–H and O–H groups in total. The molecule has 9 nitrogen and oxygen atoms in total. The van der Waals surface area contributed by atoms with E-state index in [4.69, 9.17) is 5.73 Å². The molecule has 3 aromatic heterocycles. The zero-order valence-electron chi connectivity index (χ0n) is 13.8. The highest BCUT2D eigenvalue weighted by Gasteiger charge is 2.34. The second kappa shape index (κ2) is 6.94. The van der Waals surface area contributed by atoms with E-state index in [1.54, 1.807) is 0 Å². The van der Waals surface area contributed by atoms with E-state index in [1.807, 2.05) is 0 Å². The number of hydrogen-bond acceptors (Lipinski definition) is 8. The third kappa shape index (κ3) is 4.45. The van der Waals surface area contributed by atoms with Gasteiger partial charge >= 0.3 is 6.18 Å². The van der Waals surface area contributed by atoms with Crippen molar-refractivity contribution < 1.29 is 21.6 Å². The van der Waals surface area contributed by atoms with Gasteiger partial charge in [-0.1, -0.05) is 11.3 Å². The summed E-state index contributed by atoms with van der Waals surface area (Å²) in [6.07, 6.45) is -0.970. The number of halogens is 3. The van der Waals surface area contributed by atoms with E-state index in [0.717, 1.165) is 12.3 Å². The van der Waals surface area contributed by atoms with Gasteiger partial charge in [-0.05, 0) is 6.07 Å². The lowest BCUT2D eigenvalue weighted by Gasteiger charge is -2.10. The van der Waals surface area contributed by atoms with Gasteiger partial charge in [-0.15, -0.1) is 5.10 Å². The van der Waals surface area contributed by atoms with Crippen molar-refractivity contribution in [3.8, 4) is 11.3 Å². The Hall–Kier alpha value is -2.45. The Morgan fingerprint density at radius 1 is 1.26 bits per heavy atom. The Kier molecular flexibility index (Phi) is 4.96. The van der Waals surface area contributed by atoms with Crippen molar-refractivity contribution in [3.05, 3.63) is 24.0 Å². The second-order valence-corrected chi connectivity index (χ2v) is 8.28. The van der Waals surface area contributed by atoms with Crippen LogP contribution < -0.4 is 15.8 Å². The molecule has 0 saturated heterocycles. The predicted octanol–water partition coefficient (Wildman–Crippen LogP) is 1.41. The van der Waals surface area contributed by atoms with Gasteiger partial charge in [0.15, 0.2) is 0 Å². The van der Waals surface area contributed by atoms with Crippen LogP contribution in [0.2, 0.25) is 0 Å². The van der Waals surface area contributed by atoms with Gasteiger partial charge in [0.25, 0.3) is 0 Å². The van der Waals surface area contributed by atoms with Crippen LogP contribution in [0.5, 0.6) is 0 Å². The fraction of sp³-hybridized carbons (Fsp3) is 0.308. The highest BCUT2D eigenvalue weighted by Crippen LogP contribution is 2.35. The molecule has 0 atom stereocenters. The van der Waals surface area contributed by atoms with Crippen molar-refractivity contribution >= 4 is 37.3 Å². The first-order valence-electron chi connectivity index (χ1n) is 7.41. The number of rotatable bonds is 6. The highest BCUT2D eigenvalue weighted by molar-refractivity contribution is 7.88. The molecule has 0 aliphatic carbocycles. The number of nitrogens with zero attached hydrogens (tertiary/aromatic N) is 4. The minimum absolute atomic E-state index is 0.157. The number of alkyl halides is 3. The number of anilines is 2. The summed E-state index contributed by atoms with van der Waals surface area (Å²) in [5, 5.41) is 7.60. The standard InChI is InChI=1S/C13H14F3N7O2S2/c1-27(24,25)21-3-2-18-11-22-23-9(6-20-12(23)26-11)7-4-8(13(14,15)16)10(17)19-5-7/h4-6,21H,2-3H2,1H3,(H2,17,19)(H,18,22). The van der Waals surface area contributed by atoms with Gasteiger partial charge in [0, 0.05) is 24.8 Å². The SMILES string of the molecule is CS(=O)(=O)NCCNc1nn2c(-c3cnc(N)c(C(F)(F)F)c3)cnc2s1. The number of imidazole rings is 1. The van der Waals surface area contributed by atoms with Crippen LogP contribution in [0.15, 0.2) is 18.5 Å². The molecule has 0 unspecified atom stereocenters. The van der Waals surface area contributed by atoms with Crippen molar-refractivity contribution in [2.45, 2.75) is 6.18 Å². The van der Waals surface area contributed by atoms with E-state index in [0.29, 0.717) is 15.8 Å². The number of nitrogen functional groups attached to an aromatic ring is 1. The summed E-state index contributed by atoms with van der Waals surface area (Å²) >= 11 is 1.17. The molecule has 0 spiro atoms. The summed E-state index contributed by atoms with van der Waals surface area (Å²) in [5.41, 5.74) is 4.77. The van der Waals surface area contributed by atoms with Crippen LogP contribution in [0, 0.1) is 0 Å². The number of pyridine rings is 1. The third-order valence-electron chi connectivity index (χ3n) is 3.37. The molecule has 0 aliphatic rings. The summed E-state index contributed by atoms with van der Waals surface area (Å²) in [4.78, 5) is 8.19. The van der Waals surface area contributed by atoms with Gasteiger partial charge < -0.3 is 11.1 Å². The van der Waals surface area contributed by atoms with E-state index >= 15 is 0 Å². The molecule has 3 heterocycles. The van der Waals surface area contributed by atoms with Crippen LogP contribution >= 0.6 is 11.3 Å². The fourth-order valence-electron chi connectivity index (χ4n) is 2.21. The van der Waals surface area contributed by atoms with Gasteiger partial charge in [0.2, 0.25) is 20.1 Å². The maximum absolute atomic E-state index is 13.0. The molecule has 0 aliphatic heterocycles. The predicted molar refractivity (Wildman–Crippen MR) is 94.8 cm³/mol. The maximum Gasteiger partial charge on any atom is 0.419 e. The van der Waals surface area contributed by atoms with E-state index in [1.165, 1.54) is 28.2 Å². The van der Waals surface area contributed by atoms with Gasteiger partial charge in [-0.2, -0.15) is 13.2 Å². The largest absolute Gasteiger partial charge is 0.419 e. The van der Waals surface area contributed by atoms with Gasteiger partial charge in [0.05, 0.1) is 23.7 Å². The highest BCUT2D eigenvalue weighted by atomic mass is 32.2. The number of hydrogen-bond donors (Lipinski definition) is 3. The lowest BCUT2D eigenvalue weighted by Crippen LogP contribution is -2.27. The Labute approximate surface area is 155 Å². The van der Waals surface area contributed by atoms with Crippen LogP contribution in [0.25, 0.3) is 16.2 Å². The summed E-state index contributed by atoms with van der Waals surface area (Å²) in [5.74, 6) is -0.606. The molecule has 0 aromatic carbocycles. The molecule has 3 rings (SSSR count). The molecule has 0 saturated carbocycles. The van der Waals surface area contributed by atoms with Crippen LogP contribution in [-0.4, -0.2) is 47.3 Å². The molecule has 3 aromatic rings. The molecule has 0 fully saturated rings. The minimum Gasteiger partial charge on any atom is -0.383 e. The molecule has 0 bridgehead atoms. The number of aromatic nitrogens is 4. The zero-order chi connectivity index (χ0) is 19.8. The van der Waals surface area contributed by atoms with Gasteiger partial charge in [-0.25, -0.2) is 27.6 Å². The maximum atomic E-state index is 13.0. The average molecular weight is 421 g/mol. The van der Waals surface area contributed by atoms with Crippen molar-refractivity contribution in [2.75, 3.05) is 30.4 Å². The quantitative estimate of drug-likeness (QED) is 0.514. The molecular weight excluding hydrogens is 407 g/mol. The van der Waals surface area contributed by atoms with Crippen LogP contribution in [0.1, 0.15) is 5.56 Å². The third-order valence-corrected chi connectivity index (χ3v) is 4.98. The van der Waals surface area contributed by atoms with E-state index in [-0.39, 0.29) is 18.7 Å². The van der Waals surface area contributed by atoms with Crippen molar-refractivity contribution in [1.82, 2.24) is 24.3 Å². The number of sulfonamides is 1. The smallest absolute Gasteiger partial charge is 0.383 e. The van der Waals surface area contributed by atoms with Crippen LogP contribution in [0.4, 0.5) is 24.1 Å². The topological polar surface area (TPSA) is 127 Å². The molecule has 146 valence electrons. The van der Waals surface area contributed by atoms with Crippen molar-refractivity contribution in [3.63, 3.8) is 0 Å². The normalized spacial score (nSPS) is 12.6. The van der Waals surface area contributed by atoms with E-state index < -0.39 is 27.6 Å². The fourth-order valence-corrected chi connectivity index (χ4v) is 3.48. The Balaban J connectivity index is 1.84. The molecule has 27 heavy (non-hydrogen) atoms. The first kappa shape index (κ1) is 19.3. The van der Waals surface area contributed by atoms with Gasteiger partial charge in [0.1, 0.15) is 5.82 Å². The Bertz CT molecular complexity index is 1080. The second-order valence-electron chi connectivity index (χ2n) is 5.49. The number of nitrogens with two attached hydrogens (primary N) is 1. The van der Waals surface area contributed by atoms with Crippen molar-refractivity contribution in [2.24, 2.45) is 0 Å². The monoisotopic (exact) mass is 421 g/mol. The average Bonchev–Trinajstić information content (AvgIpc) is 3.10. The summed E-state index contributed by atoms with van der Waals surface area (Å²) in [6, 6.07) is 0.897. The first-order valence-corrected chi connectivity index (χ1v) is 10.1. The summed E-state index contributed by atoms with van der Waals surface area (Å²) in [6.45, 7) is 0.436.